The van der Waals surface area contributed by atoms with Gasteiger partial charge in [0, 0.05) is 18.3 Å². The summed E-state index contributed by atoms with van der Waals surface area (Å²) in [6.07, 6.45) is 2.53. The van der Waals surface area contributed by atoms with Crippen LogP contribution in [-0.4, -0.2) is 21.7 Å². The Hall–Kier alpha value is -2.07. The van der Waals surface area contributed by atoms with Crippen molar-refractivity contribution in [2.24, 2.45) is 0 Å². The monoisotopic (exact) mass is 244 g/mol. The van der Waals surface area contributed by atoms with Crippen LogP contribution in [-0.2, 0) is 13.0 Å². The molecule has 1 aromatic carbocycles. The minimum absolute atomic E-state index is 0.0185. The van der Waals surface area contributed by atoms with Crippen LogP contribution in [0.5, 0.6) is 5.75 Å². The van der Waals surface area contributed by atoms with Crippen LogP contribution in [0.1, 0.15) is 11.1 Å². The van der Waals surface area contributed by atoms with E-state index in [1.54, 1.807) is 24.4 Å². The maximum atomic E-state index is 9.17. The molecule has 2 aromatic rings. The molecule has 4 heteroatoms. The van der Waals surface area contributed by atoms with Crippen LogP contribution in [0.4, 0.5) is 5.82 Å². The zero-order valence-corrected chi connectivity index (χ0v) is 10.0. The standard InChI is InChI=1S/C14H16N2O2/c17-10-12-2-1-8-15-14(12)16-9-7-11-3-5-13(18)6-4-11/h1-6,8,17-18H,7,9-10H2,(H,15,16). The average molecular weight is 244 g/mol. The number of aliphatic hydroxyl groups excluding tert-OH is 1. The summed E-state index contributed by atoms with van der Waals surface area (Å²) in [5.41, 5.74) is 1.94. The maximum absolute atomic E-state index is 9.17. The quantitative estimate of drug-likeness (QED) is 0.752. The smallest absolute Gasteiger partial charge is 0.131 e. The molecule has 3 N–H and O–H groups in total. The molecule has 0 spiro atoms. The van der Waals surface area contributed by atoms with E-state index in [9.17, 15) is 5.11 Å². The summed E-state index contributed by atoms with van der Waals surface area (Å²) in [6.45, 7) is 0.712. The summed E-state index contributed by atoms with van der Waals surface area (Å²) >= 11 is 0. The minimum Gasteiger partial charge on any atom is -0.508 e. The van der Waals surface area contributed by atoms with Crippen molar-refractivity contribution in [3.63, 3.8) is 0 Å². The molecule has 94 valence electrons. The Morgan fingerprint density at radius 3 is 2.61 bits per heavy atom. The fourth-order valence-corrected chi connectivity index (χ4v) is 1.71. The molecule has 4 nitrogen and oxygen atoms in total. The van der Waals surface area contributed by atoms with Gasteiger partial charge in [0.25, 0.3) is 0 Å². The minimum atomic E-state index is -0.0185. The molecule has 0 atom stereocenters. The number of aliphatic hydroxyl groups is 1. The summed E-state index contributed by atoms with van der Waals surface area (Å²) in [6, 6.07) is 10.8. The molecule has 1 heterocycles. The van der Waals surface area contributed by atoms with Crippen molar-refractivity contribution < 1.29 is 10.2 Å². The molecular weight excluding hydrogens is 228 g/mol. The van der Waals surface area contributed by atoms with Gasteiger partial charge in [0.05, 0.1) is 6.61 Å². The van der Waals surface area contributed by atoms with E-state index in [0.717, 1.165) is 29.9 Å². The van der Waals surface area contributed by atoms with Crippen LogP contribution in [0.2, 0.25) is 0 Å². The lowest BCUT2D eigenvalue weighted by molar-refractivity contribution is 0.282. The van der Waals surface area contributed by atoms with Crippen LogP contribution in [0.3, 0.4) is 0 Å². The van der Waals surface area contributed by atoms with Crippen molar-refractivity contribution in [2.45, 2.75) is 13.0 Å². The van der Waals surface area contributed by atoms with Crippen LogP contribution >= 0.6 is 0 Å². The SMILES string of the molecule is OCc1cccnc1NCCc1ccc(O)cc1. The van der Waals surface area contributed by atoms with Crippen molar-refractivity contribution in [1.29, 1.82) is 0 Å². The number of hydrogen-bond donors (Lipinski definition) is 3. The number of phenols is 1. The zero-order chi connectivity index (χ0) is 12.8. The number of benzene rings is 1. The third kappa shape index (κ3) is 3.21. The first-order valence-corrected chi connectivity index (χ1v) is 5.86. The van der Waals surface area contributed by atoms with Crippen LogP contribution < -0.4 is 5.32 Å². The predicted molar refractivity (Wildman–Crippen MR) is 70.5 cm³/mol. The molecule has 0 saturated heterocycles. The van der Waals surface area contributed by atoms with E-state index in [1.165, 1.54) is 0 Å². The number of hydrogen-bond acceptors (Lipinski definition) is 4. The lowest BCUT2D eigenvalue weighted by Crippen LogP contribution is -2.08. The van der Waals surface area contributed by atoms with Gasteiger partial charge in [0.15, 0.2) is 0 Å². The molecule has 0 unspecified atom stereocenters. The number of aromatic nitrogens is 1. The second-order valence-electron chi connectivity index (χ2n) is 4.01. The molecule has 0 saturated carbocycles. The van der Waals surface area contributed by atoms with Gasteiger partial charge in [-0.25, -0.2) is 4.98 Å². The van der Waals surface area contributed by atoms with E-state index in [2.05, 4.69) is 10.3 Å². The van der Waals surface area contributed by atoms with Gasteiger partial charge >= 0.3 is 0 Å². The number of pyridine rings is 1. The van der Waals surface area contributed by atoms with Gasteiger partial charge in [-0.2, -0.15) is 0 Å². The average Bonchev–Trinajstić information content (AvgIpc) is 2.41. The van der Waals surface area contributed by atoms with E-state index in [0.29, 0.717) is 0 Å². The van der Waals surface area contributed by atoms with Gasteiger partial charge in [-0.15, -0.1) is 0 Å². The Morgan fingerprint density at radius 1 is 1.11 bits per heavy atom. The first-order chi connectivity index (χ1) is 8.79. The predicted octanol–water partition coefficient (Wildman–Crippen LogP) is 1.93. The summed E-state index contributed by atoms with van der Waals surface area (Å²) in [4.78, 5) is 4.18. The Balaban J connectivity index is 1.90. The van der Waals surface area contributed by atoms with Gasteiger partial charge in [0.1, 0.15) is 11.6 Å². The highest BCUT2D eigenvalue weighted by atomic mass is 16.3. The zero-order valence-electron chi connectivity index (χ0n) is 10.0. The summed E-state index contributed by atoms with van der Waals surface area (Å²) in [7, 11) is 0. The first-order valence-electron chi connectivity index (χ1n) is 5.86. The number of nitrogens with zero attached hydrogens (tertiary/aromatic N) is 1. The lowest BCUT2D eigenvalue weighted by atomic mass is 10.1. The molecule has 18 heavy (non-hydrogen) atoms. The van der Waals surface area contributed by atoms with E-state index in [4.69, 9.17) is 5.11 Å². The Labute approximate surface area is 106 Å². The molecule has 0 aliphatic carbocycles. The number of nitrogens with one attached hydrogen (secondary N) is 1. The summed E-state index contributed by atoms with van der Waals surface area (Å²) in [5, 5.41) is 21.5. The summed E-state index contributed by atoms with van der Waals surface area (Å²) in [5.74, 6) is 0.998. The second-order valence-corrected chi connectivity index (χ2v) is 4.01. The number of aromatic hydroxyl groups is 1. The third-order valence-electron chi connectivity index (χ3n) is 2.70. The molecular formula is C14H16N2O2. The topological polar surface area (TPSA) is 65.4 Å². The normalized spacial score (nSPS) is 10.3. The molecule has 0 bridgehead atoms. The molecule has 0 fully saturated rings. The highest BCUT2D eigenvalue weighted by Crippen LogP contribution is 2.12. The lowest BCUT2D eigenvalue weighted by Gasteiger charge is -2.09. The highest BCUT2D eigenvalue weighted by Gasteiger charge is 2.01. The molecule has 0 amide bonds. The second kappa shape index (κ2) is 6.02. The molecule has 0 aliphatic heterocycles. The van der Waals surface area contributed by atoms with Gasteiger partial charge in [-0.3, -0.25) is 0 Å². The molecule has 1 aromatic heterocycles. The van der Waals surface area contributed by atoms with Crippen molar-refractivity contribution in [2.75, 3.05) is 11.9 Å². The van der Waals surface area contributed by atoms with Gasteiger partial charge in [-0.05, 0) is 30.2 Å². The maximum Gasteiger partial charge on any atom is 0.131 e. The largest absolute Gasteiger partial charge is 0.508 e. The van der Waals surface area contributed by atoms with Gasteiger partial charge in [-0.1, -0.05) is 18.2 Å². The van der Waals surface area contributed by atoms with Gasteiger partial charge in [0.2, 0.25) is 0 Å². The van der Waals surface area contributed by atoms with Crippen LogP contribution in [0.25, 0.3) is 0 Å². The van der Waals surface area contributed by atoms with Gasteiger partial charge < -0.3 is 15.5 Å². The first kappa shape index (κ1) is 12.4. The van der Waals surface area contributed by atoms with Crippen LogP contribution in [0.15, 0.2) is 42.6 Å². The molecule has 0 aliphatic rings. The van der Waals surface area contributed by atoms with E-state index in [1.807, 2.05) is 18.2 Å². The number of rotatable bonds is 5. The van der Waals surface area contributed by atoms with Crippen molar-refractivity contribution in [3.05, 3.63) is 53.7 Å². The number of anilines is 1. The third-order valence-corrected chi connectivity index (χ3v) is 2.70. The Morgan fingerprint density at radius 2 is 1.89 bits per heavy atom. The Bertz CT molecular complexity index is 497. The molecule has 2 rings (SSSR count). The Kier molecular flexibility index (Phi) is 4.15. The molecule has 0 radical (unpaired) electrons. The van der Waals surface area contributed by atoms with E-state index in [-0.39, 0.29) is 12.4 Å². The van der Waals surface area contributed by atoms with Crippen molar-refractivity contribution >= 4 is 5.82 Å². The van der Waals surface area contributed by atoms with Crippen molar-refractivity contribution in [1.82, 2.24) is 4.98 Å². The highest BCUT2D eigenvalue weighted by molar-refractivity contribution is 5.43. The fraction of sp³-hybridized carbons (Fsp3) is 0.214. The summed E-state index contributed by atoms with van der Waals surface area (Å²) < 4.78 is 0. The van der Waals surface area contributed by atoms with Crippen LogP contribution in [0, 0.1) is 0 Å². The number of phenolic OH excluding ortho intramolecular Hbond substituents is 1. The fourth-order valence-electron chi connectivity index (χ4n) is 1.71. The van der Waals surface area contributed by atoms with Crippen molar-refractivity contribution in [3.8, 4) is 5.75 Å². The van der Waals surface area contributed by atoms with E-state index < -0.39 is 0 Å². The van der Waals surface area contributed by atoms with E-state index >= 15 is 0 Å².